The molecule has 0 spiro atoms. The van der Waals surface area contributed by atoms with Crippen LogP contribution in [-0.4, -0.2) is 28.3 Å². The summed E-state index contributed by atoms with van der Waals surface area (Å²) < 4.78 is 0.968. The number of hydrogen-bond acceptors (Lipinski definition) is 4. The molecule has 2 aromatic heterocycles. The van der Waals surface area contributed by atoms with Crippen LogP contribution in [0.3, 0.4) is 0 Å². The Hall–Kier alpha value is -3.06. The third kappa shape index (κ3) is 5.23. The van der Waals surface area contributed by atoms with Crippen LogP contribution >= 0.6 is 15.9 Å². The van der Waals surface area contributed by atoms with Crippen LogP contribution in [0.15, 0.2) is 65.4 Å². The van der Waals surface area contributed by atoms with Gasteiger partial charge in [0.25, 0.3) is 5.91 Å². The third-order valence-corrected chi connectivity index (χ3v) is 4.53. The van der Waals surface area contributed by atoms with Gasteiger partial charge in [0, 0.05) is 29.2 Å². The highest BCUT2D eigenvalue weighted by atomic mass is 79.9. The van der Waals surface area contributed by atoms with E-state index in [9.17, 15) is 9.59 Å². The molecule has 2 N–H and O–H groups in total. The molecule has 3 aromatic rings. The van der Waals surface area contributed by atoms with Crippen LogP contribution in [0.5, 0.6) is 0 Å². The van der Waals surface area contributed by atoms with Crippen molar-refractivity contribution < 1.29 is 9.59 Å². The number of aryl methyl sites for hydroxylation is 1. The quantitative estimate of drug-likeness (QED) is 0.609. The highest BCUT2D eigenvalue weighted by molar-refractivity contribution is 9.10. The lowest BCUT2D eigenvalue weighted by molar-refractivity contribution is -0.116. The molecule has 0 bridgehead atoms. The summed E-state index contributed by atoms with van der Waals surface area (Å²) in [5.74, 6) is -0.437. The molecule has 0 aliphatic rings. The number of nitrogens with zero attached hydrogens (tertiary/aromatic N) is 2. The molecule has 0 saturated carbocycles. The number of carbonyl (C=O) groups excluding carboxylic acids is 2. The SMILES string of the molecule is Cc1nc(-c2cccc(Br)c2)ccc1C(=O)NCCC(=O)Nc1cccnc1. The minimum absolute atomic E-state index is 0.170. The van der Waals surface area contributed by atoms with E-state index in [1.54, 1.807) is 37.5 Å². The second kappa shape index (κ2) is 9.23. The molecule has 0 unspecified atom stereocenters. The predicted octanol–water partition coefficient (Wildman–Crippen LogP) is 3.97. The van der Waals surface area contributed by atoms with Crippen LogP contribution < -0.4 is 10.6 Å². The van der Waals surface area contributed by atoms with Gasteiger partial charge >= 0.3 is 0 Å². The lowest BCUT2D eigenvalue weighted by atomic mass is 10.1. The molecule has 6 nitrogen and oxygen atoms in total. The Kier molecular flexibility index (Phi) is 6.49. The zero-order valence-electron chi connectivity index (χ0n) is 15.3. The smallest absolute Gasteiger partial charge is 0.253 e. The first-order valence-electron chi connectivity index (χ1n) is 8.74. The van der Waals surface area contributed by atoms with E-state index in [1.165, 1.54) is 0 Å². The monoisotopic (exact) mass is 438 g/mol. The van der Waals surface area contributed by atoms with E-state index in [4.69, 9.17) is 0 Å². The van der Waals surface area contributed by atoms with E-state index in [1.807, 2.05) is 30.3 Å². The van der Waals surface area contributed by atoms with E-state index in [-0.39, 0.29) is 24.8 Å². The highest BCUT2D eigenvalue weighted by Crippen LogP contribution is 2.22. The average molecular weight is 439 g/mol. The normalized spacial score (nSPS) is 10.4. The zero-order chi connectivity index (χ0) is 19.9. The van der Waals surface area contributed by atoms with E-state index in [2.05, 4.69) is 36.5 Å². The first-order chi connectivity index (χ1) is 13.5. The topological polar surface area (TPSA) is 84.0 Å². The number of pyridine rings is 2. The molecule has 0 aliphatic carbocycles. The van der Waals surface area contributed by atoms with E-state index in [0.29, 0.717) is 16.9 Å². The maximum atomic E-state index is 12.4. The maximum absolute atomic E-state index is 12.4. The summed E-state index contributed by atoms with van der Waals surface area (Å²) in [5.41, 5.74) is 3.52. The van der Waals surface area contributed by atoms with Crippen molar-refractivity contribution in [2.75, 3.05) is 11.9 Å². The average Bonchev–Trinajstić information content (AvgIpc) is 2.68. The number of anilines is 1. The number of halogens is 1. The molecular formula is C21H19BrN4O2. The summed E-state index contributed by atoms with van der Waals surface area (Å²) in [4.78, 5) is 32.8. The van der Waals surface area contributed by atoms with Crippen molar-refractivity contribution in [3.8, 4) is 11.3 Å². The van der Waals surface area contributed by atoms with Crippen molar-refractivity contribution in [1.29, 1.82) is 0 Å². The molecule has 2 amide bonds. The summed E-state index contributed by atoms with van der Waals surface area (Å²) in [6.07, 6.45) is 3.37. The lowest BCUT2D eigenvalue weighted by Crippen LogP contribution is -2.28. The van der Waals surface area contributed by atoms with Gasteiger partial charge < -0.3 is 10.6 Å². The first kappa shape index (κ1) is 19.7. The van der Waals surface area contributed by atoms with Crippen LogP contribution in [0.2, 0.25) is 0 Å². The molecule has 142 valence electrons. The number of carbonyl (C=O) groups is 2. The third-order valence-electron chi connectivity index (χ3n) is 4.03. The van der Waals surface area contributed by atoms with Gasteiger partial charge in [0.15, 0.2) is 0 Å². The van der Waals surface area contributed by atoms with E-state index in [0.717, 1.165) is 15.7 Å². The van der Waals surface area contributed by atoms with Crippen molar-refractivity contribution in [2.24, 2.45) is 0 Å². The standard InChI is InChI=1S/C21H19BrN4O2/c1-14-18(7-8-19(25-14)15-4-2-5-16(22)12-15)21(28)24-11-9-20(27)26-17-6-3-10-23-13-17/h2-8,10,12-13H,9,11H2,1H3,(H,24,28)(H,26,27). The fraction of sp³-hybridized carbons (Fsp3) is 0.143. The summed E-state index contributed by atoms with van der Waals surface area (Å²) in [5, 5.41) is 5.49. The number of rotatable bonds is 6. The van der Waals surface area contributed by atoms with Gasteiger partial charge in [-0.2, -0.15) is 0 Å². The first-order valence-corrected chi connectivity index (χ1v) is 9.54. The number of benzene rings is 1. The molecule has 0 fully saturated rings. The Morgan fingerprint density at radius 3 is 2.68 bits per heavy atom. The van der Waals surface area contributed by atoms with Crippen LogP contribution in [0.25, 0.3) is 11.3 Å². The number of hydrogen-bond donors (Lipinski definition) is 2. The molecule has 2 heterocycles. The van der Waals surface area contributed by atoms with Crippen LogP contribution in [0.1, 0.15) is 22.5 Å². The largest absolute Gasteiger partial charge is 0.351 e. The van der Waals surface area contributed by atoms with E-state index < -0.39 is 0 Å². The molecular weight excluding hydrogens is 420 g/mol. The fourth-order valence-corrected chi connectivity index (χ4v) is 3.05. The summed E-state index contributed by atoms with van der Waals surface area (Å²) in [6, 6.07) is 14.9. The van der Waals surface area contributed by atoms with E-state index >= 15 is 0 Å². The minimum atomic E-state index is -0.250. The second-order valence-electron chi connectivity index (χ2n) is 6.14. The highest BCUT2D eigenvalue weighted by Gasteiger charge is 2.12. The zero-order valence-corrected chi connectivity index (χ0v) is 16.9. The summed E-state index contributed by atoms with van der Waals surface area (Å²) in [6.45, 7) is 2.03. The van der Waals surface area contributed by atoms with Crippen molar-refractivity contribution >= 4 is 33.4 Å². The Labute approximate surface area is 171 Å². The number of aromatic nitrogens is 2. The van der Waals surface area contributed by atoms with Gasteiger partial charge in [0.2, 0.25) is 5.91 Å². The fourth-order valence-electron chi connectivity index (χ4n) is 2.65. The Balaban J connectivity index is 1.56. The minimum Gasteiger partial charge on any atom is -0.351 e. The van der Waals surface area contributed by atoms with Gasteiger partial charge in [-0.05, 0) is 43.3 Å². The van der Waals surface area contributed by atoms with Crippen molar-refractivity contribution in [1.82, 2.24) is 15.3 Å². The van der Waals surface area contributed by atoms with Crippen LogP contribution in [0, 0.1) is 6.92 Å². The molecule has 1 aromatic carbocycles. The molecule has 28 heavy (non-hydrogen) atoms. The molecule has 3 rings (SSSR count). The molecule has 0 saturated heterocycles. The van der Waals surface area contributed by atoms with Gasteiger partial charge in [-0.1, -0.05) is 28.1 Å². The Bertz CT molecular complexity index is 993. The molecule has 0 aliphatic heterocycles. The van der Waals surface area contributed by atoms with Crippen molar-refractivity contribution in [3.05, 3.63) is 76.7 Å². The van der Waals surface area contributed by atoms with Gasteiger partial charge in [-0.3, -0.25) is 19.6 Å². The van der Waals surface area contributed by atoms with Gasteiger partial charge in [-0.25, -0.2) is 0 Å². The second-order valence-corrected chi connectivity index (χ2v) is 7.05. The molecule has 0 radical (unpaired) electrons. The van der Waals surface area contributed by atoms with Crippen LogP contribution in [-0.2, 0) is 4.79 Å². The van der Waals surface area contributed by atoms with Gasteiger partial charge in [0.1, 0.15) is 0 Å². The maximum Gasteiger partial charge on any atom is 0.253 e. The summed E-state index contributed by atoms with van der Waals surface area (Å²) in [7, 11) is 0. The Morgan fingerprint density at radius 2 is 1.96 bits per heavy atom. The van der Waals surface area contributed by atoms with Crippen LogP contribution in [0.4, 0.5) is 5.69 Å². The van der Waals surface area contributed by atoms with Crippen molar-refractivity contribution in [2.45, 2.75) is 13.3 Å². The van der Waals surface area contributed by atoms with Gasteiger partial charge in [-0.15, -0.1) is 0 Å². The predicted molar refractivity (Wildman–Crippen MR) is 112 cm³/mol. The van der Waals surface area contributed by atoms with Crippen molar-refractivity contribution in [3.63, 3.8) is 0 Å². The van der Waals surface area contributed by atoms with Gasteiger partial charge in [0.05, 0.1) is 28.8 Å². The summed E-state index contributed by atoms with van der Waals surface area (Å²) >= 11 is 3.45. The lowest BCUT2D eigenvalue weighted by Gasteiger charge is -2.09. The molecule has 0 atom stereocenters. The molecule has 7 heteroatoms. The number of nitrogens with one attached hydrogen (secondary N) is 2. The Morgan fingerprint density at radius 1 is 1.11 bits per heavy atom. The number of amides is 2.